The van der Waals surface area contributed by atoms with E-state index in [0.717, 1.165) is 23.1 Å². The number of benzene rings is 2. The molecule has 0 fully saturated rings. The van der Waals surface area contributed by atoms with Crippen molar-refractivity contribution in [3.05, 3.63) is 66.0 Å². The summed E-state index contributed by atoms with van der Waals surface area (Å²) in [7, 11) is 1.69. The van der Waals surface area contributed by atoms with Crippen molar-refractivity contribution in [2.45, 2.75) is 20.3 Å². The van der Waals surface area contributed by atoms with Crippen LogP contribution in [0.3, 0.4) is 0 Å². The van der Waals surface area contributed by atoms with Gasteiger partial charge < -0.3 is 9.30 Å². The van der Waals surface area contributed by atoms with E-state index in [-0.39, 0.29) is 0 Å². The molecule has 4 rings (SSSR count). The number of hydrogen-bond donors (Lipinski definition) is 0. The third-order valence-electron chi connectivity index (χ3n) is 4.68. The molecule has 0 aliphatic rings. The Balaban J connectivity index is 2.18. The lowest BCUT2D eigenvalue weighted by Crippen LogP contribution is -1.96. The molecular formula is C21H20N2O. The zero-order chi connectivity index (χ0) is 16.7. The topological polar surface area (TPSA) is 27.1 Å². The van der Waals surface area contributed by atoms with E-state index in [1.807, 2.05) is 18.3 Å². The van der Waals surface area contributed by atoms with Gasteiger partial charge in [-0.15, -0.1) is 0 Å². The van der Waals surface area contributed by atoms with E-state index in [1.165, 1.54) is 27.7 Å². The number of hydrogen-bond acceptors (Lipinski definition) is 2. The maximum absolute atomic E-state index is 5.51. The van der Waals surface area contributed by atoms with Gasteiger partial charge in [-0.3, -0.25) is 4.98 Å². The van der Waals surface area contributed by atoms with Crippen molar-refractivity contribution in [3.8, 4) is 11.4 Å². The van der Waals surface area contributed by atoms with Gasteiger partial charge in [0.1, 0.15) is 11.3 Å². The zero-order valence-corrected chi connectivity index (χ0v) is 14.2. The summed E-state index contributed by atoms with van der Waals surface area (Å²) in [6.07, 6.45) is 5.20. The first kappa shape index (κ1) is 14.8. The van der Waals surface area contributed by atoms with Crippen molar-refractivity contribution in [2.24, 2.45) is 0 Å². The number of rotatable bonds is 3. The molecule has 0 saturated heterocycles. The van der Waals surface area contributed by atoms with E-state index in [4.69, 9.17) is 4.74 Å². The first-order valence-corrected chi connectivity index (χ1v) is 8.26. The van der Waals surface area contributed by atoms with Crippen LogP contribution in [0.2, 0.25) is 0 Å². The second-order valence-electron chi connectivity index (χ2n) is 6.04. The van der Waals surface area contributed by atoms with Crippen LogP contribution in [0.15, 0.2) is 54.9 Å². The fourth-order valence-electron chi connectivity index (χ4n) is 3.44. The van der Waals surface area contributed by atoms with Crippen LogP contribution in [0.1, 0.15) is 18.1 Å². The largest absolute Gasteiger partial charge is 0.494 e. The van der Waals surface area contributed by atoms with Crippen LogP contribution in [0, 0.1) is 6.92 Å². The quantitative estimate of drug-likeness (QED) is 0.528. The second-order valence-corrected chi connectivity index (χ2v) is 6.04. The van der Waals surface area contributed by atoms with E-state index < -0.39 is 0 Å². The number of methoxy groups -OCH3 is 1. The van der Waals surface area contributed by atoms with Crippen LogP contribution in [0.4, 0.5) is 0 Å². The van der Waals surface area contributed by atoms with E-state index in [2.05, 4.69) is 59.9 Å². The fourth-order valence-corrected chi connectivity index (χ4v) is 3.44. The number of ether oxygens (including phenoxy) is 1. The Hall–Kier alpha value is -2.81. The van der Waals surface area contributed by atoms with Crippen LogP contribution in [-0.4, -0.2) is 16.7 Å². The normalized spacial score (nSPS) is 11.3. The lowest BCUT2D eigenvalue weighted by molar-refractivity contribution is 0.419. The molecular weight excluding hydrogens is 296 g/mol. The smallest absolute Gasteiger partial charge is 0.145 e. The lowest BCUT2D eigenvalue weighted by atomic mass is 10.1. The summed E-state index contributed by atoms with van der Waals surface area (Å²) in [6.45, 7) is 4.34. The predicted octanol–water partition coefficient (Wildman–Crippen LogP) is 5.06. The molecule has 0 N–H and O–H groups in total. The molecule has 0 saturated carbocycles. The van der Waals surface area contributed by atoms with Gasteiger partial charge in [0.2, 0.25) is 0 Å². The molecule has 2 aromatic carbocycles. The highest BCUT2D eigenvalue weighted by atomic mass is 16.5. The van der Waals surface area contributed by atoms with Crippen LogP contribution < -0.4 is 4.74 Å². The molecule has 0 radical (unpaired) electrons. The average molecular weight is 316 g/mol. The minimum absolute atomic E-state index is 0.810. The van der Waals surface area contributed by atoms with Gasteiger partial charge in [0.15, 0.2) is 0 Å². The summed E-state index contributed by atoms with van der Waals surface area (Å²) >= 11 is 0. The van der Waals surface area contributed by atoms with E-state index in [1.54, 1.807) is 7.11 Å². The number of para-hydroxylation sites is 2. The monoisotopic (exact) mass is 316 g/mol. The van der Waals surface area contributed by atoms with Gasteiger partial charge in [-0.25, -0.2) is 0 Å². The highest BCUT2D eigenvalue weighted by Gasteiger charge is 2.15. The SMILES string of the molecule is CCc1cn(-c2ccccc2C)c2c1cnc1c(OC)cccc12. The van der Waals surface area contributed by atoms with E-state index in [0.29, 0.717) is 0 Å². The van der Waals surface area contributed by atoms with Crippen LogP contribution in [0.5, 0.6) is 5.75 Å². The number of aromatic nitrogens is 2. The first-order valence-electron chi connectivity index (χ1n) is 8.26. The fraction of sp³-hybridized carbons (Fsp3) is 0.190. The molecule has 0 bridgehead atoms. The van der Waals surface area contributed by atoms with Crippen LogP contribution in [0.25, 0.3) is 27.5 Å². The molecule has 0 amide bonds. The summed E-state index contributed by atoms with van der Waals surface area (Å²) in [4.78, 5) is 4.68. The van der Waals surface area contributed by atoms with Crippen molar-refractivity contribution in [1.82, 2.24) is 9.55 Å². The molecule has 2 aromatic heterocycles. The molecule has 3 nitrogen and oxygen atoms in total. The molecule has 0 spiro atoms. The van der Waals surface area contributed by atoms with Gasteiger partial charge >= 0.3 is 0 Å². The highest BCUT2D eigenvalue weighted by Crippen LogP contribution is 2.34. The highest BCUT2D eigenvalue weighted by molar-refractivity contribution is 6.07. The third kappa shape index (κ3) is 2.08. The number of aryl methyl sites for hydroxylation is 2. The van der Waals surface area contributed by atoms with Crippen molar-refractivity contribution in [3.63, 3.8) is 0 Å². The van der Waals surface area contributed by atoms with Crippen molar-refractivity contribution in [2.75, 3.05) is 7.11 Å². The first-order chi connectivity index (χ1) is 11.7. The van der Waals surface area contributed by atoms with E-state index in [9.17, 15) is 0 Å². The molecule has 120 valence electrons. The molecule has 0 atom stereocenters. The predicted molar refractivity (Wildman–Crippen MR) is 99.2 cm³/mol. The van der Waals surface area contributed by atoms with Gasteiger partial charge in [-0.1, -0.05) is 37.3 Å². The van der Waals surface area contributed by atoms with Gasteiger partial charge in [0, 0.05) is 28.9 Å². The Morgan fingerprint density at radius 3 is 2.62 bits per heavy atom. The number of nitrogens with zero attached hydrogens (tertiary/aromatic N) is 2. The Morgan fingerprint density at radius 1 is 1.04 bits per heavy atom. The molecule has 0 aliphatic heterocycles. The van der Waals surface area contributed by atoms with Gasteiger partial charge in [-0.2, -0.15) is 0 Å². The van der Waals surface area contributed by atoms with Crippen molar-refractivity contribution >= 4 is 21.8 Å². The minimum atomic E-state index is 0.810. The second kappa shape index (κ2) is 5.68. The summed E-state index contributed by atoms with van der Waals surface area (Å²) < 4.78 is 7.81. The lowest BCUT2D eigenvalue weighted by Gasteiger charge is -2.11. The zero-order valence-electron chi connectivity index (χ0n) is 14.2. The minimum Gasteiger partial charge on any atom is -0.494 e. The molecule has 24 heavy (non-hydrogen) atoms. The molecule has 0 unspecified atom stereocenters. The van der Waals surface area contributed by atoms with Crippen molar-refractivity contribution < 1.29 is 4.74 Å². The molecule has 2 heterocycles. The summed E-state index contributed by atoms with van der Waals surface area (Å²) in [6, 6.07) is 14.6. The van der Waals surface area contributed by atoms with Crippen LogP contribution >= 0.6 is 0 Å². The Kier molecular flexibility index (Phi) is 3.49. The standard InChI is InChI=1S/C21H20N2O/c1-4-15-13-23(18-10-6-5-8-14(18)2)21-16-9-7-11-19(24-3)20(16)22-12-17(15)21/h5-13H,4H2,1-3H3. The molecule has 4 aromatic rings. The number of fused-ring (bicyclic) bond motifs is 3. The molecule has 3 heteroatoms. The van der Waals surface area contributed by atoms with Gasteiger partial charge in [0.05, 0.1) is 12.6 Å². The van der Waals surface area contributed by atoms with Gasteiger partial charge in [-0.05, 0) is 36.6 Å². The van der Waals surface area contributed by atoms with Crippen molar-refractivity contribution in [1.29, 1.82) is 0 Å². The Morgan fingerprint density at radius 2 is 1.88 bits per heavy atom. The number of pyridine rings is 1. The maximum atomic E-state index is 5.51. The Labute approximate surface area is 141 Å². The van der Waals surface area contributed by atoms with Gasteiger partial charge in [0.25, 0.3) is 0 Å². The summed E-state index contributed by atoms with van der Waals surface area (Å²) in [5, 5.41) is 2.33. The summed E-state index contributed by atoms with van der Waals surface area (Å²) in [5.41, 5.74) is 5.88. The maximum Gasteiger partial charge on any atom is 0.145 e. The van der Waals surface area contributed by atoms with E-state index >= 15 is 0 Å². The average Bonchev–Trinajstić information content (AvgIpc) is 3.00. The third-order valence-corrected chi connectivity index (χ3v) is 4.68. The summed E-state index contributed by atoms with van der Waals surface area (Å²) in [5.74, 6) is 0.810. The molecule has 0 aliphatic carbocycles. The Bertz CT molecular complexity index is 1050. The van der Waals surface area contributed by atoms with Crippen LogP contribution in [-0.2, 0) is 6.42 Å².